The van der Waals surface area contributed by atoms with Crippen molar-refractivity contribution in [2.24, 2.45) is 0 Å². The number of carbonyl (C=O) groups excluding carboxylic acids is 1. The number of rotatable bonds is 5. The smallest absolute Gasteiger partial charge is 0.335 e. The van der Waals surface area contributed by atoms with E-state index in [-0.39, 0.29) is 12.2 Å². The molecule has 96 valence electrons. The second-order valence-corrected chi connectivity index (χ2v) is 3.95. The molecule has 4 heteroatoms. The summed E-state index contributed by atoms with van der Waals surface area (Å²) < 4.78 is 5.54. The molecule has 0 fully saturated rings. The van der Waals surface area contributed by atoms with E-state index in [0.29, 0.717) is 11.3 Å². The minimum Gasteiger partial charge on any atom is -0.488 e. The summed E-state index contributed by atoms with van der Waals surface area (Å²) >= 11 is 0. The molecule has 0 aliphatic heterocycles. The number of hydrogen-bond donors (Lipinski definition) is 1. The lowest BCUT2D eigenvalue weighted by Crippen LogP contribution is -2.00. The predicted octanol–water partition coefficient (Wildman–Crippen LogP) is 2.78. The van der Waals surface area contributed by atoms with Gasteiger partial charge in [0.1, 0.15) is 12.4 Å². The number of carbonyl (C=O) groups is 2. The number of aldehydes is 1. The Bertz CT molecular complexity index is 587. The lowest BCUT2D eigenvalue weighted by molar-refractivity contribution is 0.0696. The van der Waals surface area contributed by atoms with Crippen LogP contribution in [0.2, 0.25) is 0 Å². The molecule has 2 aromatic carbocycles. The van der Waals surface area contributed by atoms with Crippen LogP contribution in [0.1, 0.15) is 26.3 Å². The van der Waals surface area contributed by atoms with E-state index < -0.39 is 5.97 Å². The molecule has 0 aliphatic rings. The molecule has 0 heterocycles. The number of aromatic carboxylic acids is 1. The minimum atomic E-state index is -0.959. The molecule has 0 radical (unpaired) electrons. The zero-order valence-electron chi connectivity index (χ0n) is 10.1. The molecule has 0 atom stereocenters. The molecule has 0 saturated carbocycles. The molecule has 0 aliphatic carbocycles. The fourth-order valence-corrected chi connectivity index (χ4v) is 1.61. The zero-order valence-corrected chi connectivity index (χ0v) is 10.1. The lowest BCUT2D eigenvalue weighted by Gasteiger charge is -2.08. The second kappa shape index (κ2) is 5.82. The van der Waals surface area contributed by atoms with Gasteiger partial charge in [-0.15, -0.1) is 0 Å². The highest BCUT2D eigenvalue weighted by atomic mass is 16.5. The highest BCUT2D eigenvalue weighted by Crippen LogP contribution is 2.17. The van der Waals surface area contributed by atoms with Crippen molar-refractivity contribution in [2.45, 2.75) is 6.61 Å². The molecule has 0 amide bonds. The molecule has 1 N–H and O–H groups in total. The normalized spacial score (nSPS) is 9.89. The van der Waals surface area contributed by atoms with Crippen LogP contribution in [0.5, 0.6) is 5.75 Å². The Morgan fingerprint density at radius 1 is 1.11 bits per heavy atom. The SMILES string of the molecule is O=Cc1ccccc1OCc1ccc(C(=O)O)cc1. The monoisotopic (exact) mass is 256 g/mol. The van der Waals surface area contributed by atoms with E-state index in [2.05, 4.69) is 0 Å². The molecular weight excluding hydrogens is 244 g/mol. The quantitative estimate of drug-likeness (QED) is 0.835. The van der Waals surface area contributed by atoms with E-state index in [4.69, 9.17) is 9.84 Å². The lowest BCUT2D eigenvalue weighted by atomic mass is 10.1. The summed E-state index contributed by atoms with van der Waals surface area (Å²) in [5.74, 6) is -0.446. The predicted molar refractivity (Wildman–Crippen MR) is 69.6 cm³/mol. The number of carboxylic acids is 1. The maximum atomic E-state index is 10.8. The Kier molecular flexibility index (Phi) is 3.93. The third-order valence-corrected chi connectivity index (χ3v) is 2.64. The van der Waals surface area contributed by atoms with E-state index >= 15 is 0 Å². The maximum Gasteiger partial charge on any atom is 0.335 e. The Hall–Kier alpha value is -2.62. The van der Waals surface area contributed by atoms with Gasteiger partial charge in [0.05, 0.1) is 11.1 Å². The third kappa shape index (κ3) is 3.19. The fourth-order valence-electron chi connectivity index (χ4n) is 1.61. The van der Waals surface area contributed by atoms with E-state index in [1.165, 1.54) is 12.1 Å². The largest absolute Gasteiger partial charge is 0.488 e. The van der Waals surface area contributed by atoms with Gasteiger partial charge in [-0.05, 0) is 29.8 Å². The second-order valence-electron chi connectivity index (χ2n) is 3.95. The van der Waals surface area contributed by atoms with Crippen molar-refractivity contribution in [3.63, 3.8) is 0 Å². The summed E-state index contributed by atoms with van der Waals surface area (Å²) in [6, 6.07) is 13.4. The van der Waals surface area contributed by atoms with Gasteiger partial charge in [-0.1, -0.05) is 24.3 Å². The average molecular weight is 256 g/mol. The molecular formula is C15H12O4. The van der Waals surface area contributed by atoms with Gasteiger partial charge in [-0.3, -0.25) is 4.79 Å². The van der Waals surface area contributed by atoms with E-state index in [0.717, 1.165) is 11.8 Å². The summed E-state index contributed by atoms with van der Waals surface area (Å²) in [6.45, 7) is 0.282. The molecule has 19 heavy (non-hydrogen) atoms. The molecule has 0 bridgehead atoms. The molecule has 2 rings (SSSR count). The summed E-state index contributed by atoms with van der Waals surface area (Å²) in [6.07, 6.45) is 0.739. The standard InChI is InChI=1S/C15H12O4/c16-9-13-3-1-2-4-14(13)19-10-11-5-7-12(8-6-11)15(17)18/h1-9H,10H2,(H,17,18). The summed E-state index contributed by atoms with van der Waals surface area (Å²) in [4.78, 5) is 21.5. The highest BCUT2D eigenvalue weighted by molar-refractivity contribution is 5.87. The topological polar surface area (TPSA) is 63.6 Å². The van der Waals surface area contributed by atoms with Crippen LogP contribution >= 0.6 is 0 Å². The van der Waals surface area contributed by atoms with Crippen molar-refractivity contribution in [3.8, 4) is 5.75 Å². The Labute approximate surface area is 110 Å². The Balaban J connectivity index is 2.06. The fraction of sp³-hybridized carbons (Fsp3) is 0.0667. The van der Waals surface area contributed by atoms with Gasteiger partial charge in [0.2, 0.25) is 0 Å². The van der Waals surface area contributed by atoms with E-state index in [9.17, 15) is 9.59 Å². The van der Waals surface area contributed by atoms with E-state index in [1.807, 2.05) is 0 Å². The van der Waals surface area contributed by atoms with Crippen molar-refractivity contribution in [3.05, 3.63) is 65.2 Å². The van der Waals surface area contributed by atoms with Gasteiger partial charge >= 0.3 is 5.97 Å². The number of hydrogen-bond acceptors (Lipinski definition) is 3. The van der Waals surface area contributed by atoms with Crippen LogP contribution in [0.15, 0.2) is 48.5 Å². The van der Waals surface area contributed by atoms with Crippen LogP contribution in [0.3, 0.4) is 0 Å². The first-order valence-corrected chi connectivity index (χ1v) is 5.70. The van der Waals surface area contributed by atoms with Crippen LogP contribution in [0.25, 0.3) is 0 Å². The van der Waals surface area contributed by atoms with Crippen molar-refractivity contribution >= 4 is 12.3 Å². The molecule has 0 aromatic heterocycles. The first-order valence-electron chi connectivity index (χ1n) is 5.70. The van der Waals surface area contributed by atoms with Crippen LogP contribution in [-0.4, -0.2) is 17.4 Å². The van der Waals surface area contributed by atoms with Gasteiger partial charge in [0.15, 0.2) is 6.29 Å². The molecule has 2 aromatic rings. The first kappa shape index (κ1) is 12.8. The maximum absolute atomic E-state index is 10.8. The number of ether oxygens (including phenoxy) is 1. The van der Waals surface area contributed by atoms with Crippen LogP contribution in [0.4, 0.5) is 0 Å². The first-order chi connectivity index (χ1) is 9.20. The number of para-hydroxylation sites is 1. The van der Waals surface area contributed by atoms with Gasteiger partial charge in [-0.25, -0.2) is 4.79 Å². The molecule has 0 saturated heterocycles. The van der Waals surface area contributed by atoms with Crippen LogP contribution in [-0.2, 0) is 6.61 Å². The Morgan fingerprint density at radius 3 is 2.42 bits per heavy atom. The van der Waals surface area contributed by atoms with Gasteiger partial charge in [0, 0.05) is 0 Å². The summed E-state index contributed by atoms with van der Waals surface area (Å²) in [5, 5.41) is 8.78. The van der Waals surface area contributed by atoms with Gasteiger partial charge < -0.3 is 9.84 Å². The molecule has 0 unspecified atom stereocenters. The van der Waals surface area contributed by atoms with Crippen LogP contribution in [0, 0.1) is 0 Å². The van der Waals surface area contributed by atoms with Crippen molar-refractivity contribution in [1.29, 1.82) is 0 Å². The van der Waals surface area contributed by atoms with Gasteiger partial charge in [0.25, 0.3) is 0 Å². The van der Waals surface area contributed by atoms with Crippen molar-refractivity contribution in [2.75, 3.05) is 0 Å². The van der Waals surface area contributed by atoms with Crippen molar-refractivity contribution in [1.82, 2.24) is 0 Å². The molecule has 4 nitrogen and oxygen atoms in total. The zero-order chi connectivity index (χ0) is 13.7. The summed E-state index contributed by atoms with van der Waals surface area (Å²) in [7, 11) is 0. The average Bonchev–Trinajstić information content (AvgIpc) is 2.45. The molecule has 0 spiro atoms. The van der Waals surface area contributed by atoms with Gasteiger partial charge in [-0.2, -0.15) is 0 Å². The minimum absolute atomic E-state index is 0.233. The number of carboxylic acid groups (broad SMARTS) is 1. The Morgan fingerprint density at radius 2 is 1.79 bits per heavy atom. The van der Waals surface area contributed by atoms with Crippen molar-refractivity contribution < 1.29 is 19.4 Å². The number of benzene rings is 2. The van der Waals surface area contributed by atoms with E-state index in [1.54, 1.807) is 36.4 Å². The third-order valence-electron chi connectivity index (χ3n) is 2.64. The summed E-state index contributed by atoms with van der Waals surface area (Å²) in [5.41, 5.74) is 1.56. The van der Waals surface area contributed by atoms with Crippen LogP contribution < -0.4 is 4.74 Å². The highest BCUT2D eigenvalue weighted by Gasteiger charge is 2.04.